The van der Waals surface area contributed by atoms with Gasteiger partial charge < -0.3 is 20.3 Å². The molecule has 0 aliphatic carbocycles. The number of nitrogens with zero attached hydrogens (tertiary/aromatic N) is 4. The molecule has 0 aromatic rings. The highest BCUT2D eigenvalue weighted by Gasteiger charge is 2.19. The monoisotopic (exact) mass is 354 g/mol. The largest absolute Gasteiger partial charge is 0.379 e. The van der Waals surface area contributed by atoms with Gasteiger partial charge >= 0.3 is 0 Å². The van der Waals surface area contributed by atoms with Crippen molar-refractivity contribution in [2.24, 2.45) is 4.99 Å². The summed E-state index contributed by atoms with van der Waals surface area (Å²) in [5, 5.41) is 6.90. The molecule has 0 bridgehead atoms. The Morgan fingerprint density at radius 2 is 1.60 bits per heavy atom. The Morgan fingerprint density at radius 3 is 2.24 bits per heavy atom. The number of morpholine rings is 1. The maximum absolute atomic E-state index is 5.43. The zero-order chi connectivity index (χ0) is 18.1. The summed E-state index contributed by atoms with van der Waals surface area (Å²) in [4.78, 5) is 12.2. The van der Waals surface area contributed by atoms with Gasteiger partial charge in [0.05, 0.1) is 19.8 Å². The molecule has 0 spiro atoms. The molecule has 2 rings (SSSR count). The first-order chi connectivity index (χ1) is 12.1. The number of likely N-dealkylation sites (N-methyl/N-ethyl adjacent to an activating group) is 1. The normalized spacial score (nSPS) is 24.1. The summed E-state index contributed by atoms with van der Waals surface area (Å²) in [6.07, 6.45) is 0. The number of guanidine groups is 1. The molecular formula is C18H38N6O. The first kappa shape index (κ1) is 20.4. The Labute approximate surface area is 153 Å². The fourth-order valence-electron chi connectivity index (χ4n) is 3.34. The van der Waals surface area contributed by atoms with Gasteiger partial charge in [-0.05, 0) is 27.8 Å². The van der Waals surface area contributed by atoms with E-state index in [9.17, 15) is 0 Å². The smallest absolute Gasteiger partial charge is 0.191 e. The number of piperazine rings is 1. The standard InChI is InChI=1S/C18H38N6O/c1-5-19-18(21-15-17(3)24-10-12-25-13-11-24)20-14-16(2)23-8-6-22(4)7-9-23/h16-17H,5-15H2,1-4H3,(H2,19,20,21). The third-order valence-electron chi connectivity index (χ3n) is 5.25. The Bertz CT molecular complexity index is 391. The maximum Gasteiger partial charge on any atom is 0.191 e. The van der Waals surface area contributed by atoms with Gasteiger partial charge in [-0.2, -0.15) is 0 Å². The Kier molecular flexibility index (Phi) is 8.95. The minimum absolute atomic E-state index is 0.453. The topological polar surface area (TPSA) is 55.4 Å². The van der Waals surface area contributed by atoms with Gasteiger partial charge in [0.25, 0.3) is 0 Å². The summed E-state index contributed by atoms with van der Waals surface area (Å²) in [6.45, 7) is 17.7. The van der Waals surface area contributed by atoms with Crippen molar-refractivity contribution in [1.29, 1.82) is 0 Å². The van der Waals surface area contributed by atoms with Crippen molar-refractivity contribution in [2.45, 2.75) is 32.9 Å². The van der Waals surface area contributed by atoms with Gasteiger partial charge in [-0.3, -0.25) is 14.8 Å². The number of ether oxygens (including phenoxy) is 1. The van der Waals surface area contributed by atoms with Gasteiger partial charge in [0.1, 0.15) is 0 Å². The van der Waals surface area contributed by atoms with Gasteiger partial charge in [0, 0.05) is 64.4 Å². The molecule has 0 radical (unpaired) electrons. The summed E-state index contributed by atoms with van der Waals surface area (Å²) in [5.41, 5.74) is 0. The quantitative estimate of drug-likeness (QED) is 0.492. The molecule has 2 fully saturated rings. The lowest BCUT2D eigenvalue weighted by Crippen LogP contribution is -2.52. The van der Waals surface area contributed by atoms with Gasteiger partial charge in [-0.15, -0.1) is 0 Å². The average Bonchev–Trinajstić information content (AvgIpc) is 2.64. The van der Waals surface area contributed by atoms with Crippen LogP contribution in [0.3, 0.4) is 0 Å². The third-order valence-corrected chi connectivity index (χ3v) is 5.25. The van der Waals surface area contributed by atoms with Crippen molar-refractivity contribution in [2.75, 3.05) is 79.2 Å². The molecule has 0 amide bonds. The number of hydrogen-bond donors (Lipinski definition) is 2. The van der Waals surface area contributed by atoms with Crippen molar-refractivity contribution < 1.29 is 4.74 Å². The molecular weight excluding hydrogens is 316 g/mol. The van der Waals surface area contributed by atoms with Crippen molar-refractivity contribution in [3.63, 3.8) is 0 Å². The van der Waals surface area contributed by atoms with Crippen LogP contribution < -0.4 is 10.6 Å². The van der Waals surface area contributed by atoms with Crippen LogP contribution in [0.2, 0.25) is 0 Å². The summed E-state index contributed by atoms with van der Waals surface area (Å²) < 4.78 is 5.43. The predicted octanol–water partition coefficient (Wildman–Crippen LogP) is -0.102. The van der Waals surface area contributed by atoms with Crippen LogP contribution >= 0.6 is 0 Å². The molecule has 2 aliphatic heterocycles. The van der Waals surface area contributed by atoms with Gasteiger partial charge in [-0.1, -0.05) is 0 Å². The minimum Gasteiger partial charge on any atom is -0.379 e. The highest BCUT2D eigenvalue weighted by Crippen LogP contribution is 2.05. The van der Waals surface area contributed by atoms with E-state index in [4.69, 9.17) is 9.73 Å². The molecule has 2 N–H and O–H groups in total. The van der Waals surface area contributed by atoms with Crippen molar-refractivity contribution in [3.05, 3.63) is 0 Å². The molecule has 146 valence electrons. The SMILES string of the molecule is CCNC(=NCC(C)N1CCOCC1)NCC(C)N1CCN(C)CC1. The van der Waals surface area contributed by atoms with E-state index in [1.807, 2.05) is 0 Å². The molecule has 2 saturated heterocycles. The van der Waals surface area contributed by atoms with Gasteiger partial charge in [0.2, 0.25) is 0 Å². The van der Waals surface area contributed by atoms with E-state index in [0.29, 0.717) is 12.1 Å². The first-order valence-electron chi connectivity index (χ1n) is 9.86. The highest BCUT2D eigenvalue weighted by atomic mass is 16.5. The fourth-order valence-corrected chi connectivity index (χ4v) is 3.34. The summed E-state index contributed by atoms with van der Waals surface area (Å²) in [7, 11) is 2.20. The van der Waals surface area contributed by atoms with Crippen molar-refractivity contribution >= 4 is 5.96 Å². The minimum atomic E-state index is 0.453. The first-order valence-corrected chi connectivity index (χ1v) is 9.86. The van der Waals surface area contributed by atoms with Gasteiger partial charge in [0.15, 0.2) is 5.96 Å². The second kappa shape index (κ2) is 11.0. The molecule has 7 nitrogen and oxygen atoms in total. The molecule has 2 atom stereocenters. The zero-order valence-corrected chi connectivity index (χ0v) is 16.6. The van der Waals surface area contributed by atoms with E-state index >= 15 is 0 Å². The van der Waals surface area contributed by atoms with E-state index in [1.165, 1.54) is 0 Å². The average molecular weight is 355 g/mol. The summed E-state index contributed by atoms with van der Waals surface area (Å²) in [6, 6.07) is 0.976. The second-order valence-corrected chi connectivity index (χ2v) is 7.29. The second-order valence-electron chi connectivity index (χ2n) is 7.29. The third kappa shape index (κ3) is 7.09. The molecule has 0 aromatic carbocycles. The van der Waals surface area contributed by atoms with Crippen LogP contribution in [-0.2, 0) is 4.74 Å². The van der Waals surface area contributed by atoms with Crippen LogP contribution in [0.4, 0.5) is 0 Å². The van der Waals surface area contributed by atoms with E-state index in [2.05, 4.69) is 53.2 Å². The van der Waals surface area contributed by atoms with Crippen molar-refractivity contribution in [1.82, 2.24) is 25.3 Å². The van der Waals surface area contributed by atoms with E-state index in [-0.39, 0.29) is 0 Å². The summed E-state index contributed by atoms with van der Waals surface area (Å²) in [5.74, 6) is 0.934. The number of aliphatic imine (C=N–C) groups is 1. The van der Waals surface area contributed by atoms with E-state index in [0.717, 1.165) is 78.1 Å². The molecule has 25 heavy (non-hydrogen) atoms. The van der Waals surface area contributed by atoms with Crippen LogP contribution in [0.1, 0.15) is 20.8 Å². The highest BCUT2D eigenvalue weighted by molar-refractivity contribution is 5.79. The van der Waals surface area contributed by atoms with E-state index < -0.39 is 0 Å². The molecule has 2 heterocycles. The number of nitrogens with one attached hydrogen (secondary N) is 2. The molecule has 7 heteroatoms. The fraction of sp³-hybridized carbons (Fsp3) is 0.944. The van der Waals surface area contributed by atoms with Gasteiger partial charge in [-0.25, -0.2) is 0 Å². The van der Waals surface area contributed by atoms with E-state index in [1.54, 1.807) is 0 Å². The molecule has 2 aliphatic rings. The van der Waals surface area contributed by atoms with Crippen LogP contribution in [0.5, 0.6) is 0 Å². The number of hydrogen-bond acceptors (Lipinski definition) is 5. The predicted molar refractivity (Wildman–Crippen MR) is 104 cm³/mol. The van der Waals surface area contributed by atoms with Crippen LogP contribution in [0, 0.1) is 0 Å². The molecule has 0 aromatic heterocycles. The lowest BCUT2D eigenvalue weighted by molar-refractivity contribution is 0.0220. The lowest BCUT2D eigenvalue weighted by Gasteiger charge is -2.36. The lowest BCUT2D eigenvalue weighted by atomic mass is 10.2. The molecule has 0 saturated carbocycles. The maximum atomic E-state index is 5.43. The Hall–Kier alpha value is -0.890. The number of rotatable bonds is 7. The van der Waals surface area contributed by atoms with Crippen LogP contribution in [0.15, 0.2) is 4.99 Å². The Balaban J connectivity index is 1.76. The zero-order valence-electron chi connectivity index (χ0n) is 16.6. The molecule has 2 unspecified atom stereocenters. The van der Waals surface area contributed by atoms with Crippen LogP contribution in [-0.4, -0.2) is 112 Å². The Morgan fingerprint density at radius 1 is 0.960 bits per heavy atom. The summed E-state index contributed by atoms with van der Waals surface area (Å²) >= 11 is 0. The van der Waals surface area contributed by atoms with Crippen molar-refractivity contribution in [3.8, 4) is 0 Å². The van der Waals surface area contributed by atoms with Crippen LogP contribution in [0.25, 0.3) is 0 Å².